The smallest absolute Gasteiger partial charge is 0.222 e. The average molecular weight is 198 g/mol. The van der Waals surface area contributed by atoms with Crippen LogP contribution in [-0.2, 0) is 4.79 Å². The minimum Gasteiger partial charge on any atom is -0.339 e. The van der Waals surface area contributed by atoms with E-state index >= 15 is 0 Å². The van der Waals surface area contributed by atoms with E-state index in [2.05, 4.69) is 25.8 Å². The monoisotopic (exact) mass is 198 g/mol. The van der Waals surface area contributed by atoms with Crippen LogP contribution < -0.4 is 0 Å². The van der Waals surface area contributed by atoms with Gasteiger partial charge in [-0.3, -0.25) is 4.79 Å². The third-order valence-electron chi connectivity index (χ3n) is 2.83. The van der Waals surface area contributed by atoms with E-state index in [9.17, 15) is 4.79 Å². The molecule has 0 aromatic rings. The molecule has 82 valence electrons. The molecule has 3 heteroatoms. The molecule has 1 heterocycles. The Balaban J connectivity index is 2.53. The van der Waals surface area contributed by atoms with E-state index in [-0.39, 0.29) is 0 Å². The number of amides is 1. The first-order chi connectivity index (χ1) is 6.65. The van der Waals surface area contributed by atoms with Crippen LogP contribution in [0.2, 0.25) is 0 Å². The second-order valence-electron chi connectivity index (χ2n) is 4.30. The molecule has 0 aromatic carbocycles. The molecule has 0 spiro atoms. The molecule has 1 atom stereocenters. The fourth-order valence-corrected chi connectivity index (χ4v) is 2.10. The Morgan fingerprint density at radius 3 is 2.79 bits per heavy atom. The number of hydrogen-bond acceptors (Lipinski definition) is 2. The Bertz CT molecular complexity index is 194. The first-order valence-corrected chi connectivity index (χ1v) is 5.63. The maximum atomic E-state index is 11.8. The number of likely N-dealkylation sites (N-methyl/N-ethyl adjacent to an activating group) is 1. The molecule has 1 rings (SSSR count). The van der Waals surface area contributed by atoms with E-state index in [1.54, 1.807) is 0 Å². The first-order valence-electron chi connectivity index (χ1n) is 5.63. The molecule has 1 aliphatic rings. The zero-order valence-corrected chi connectivity index (χ0v) is 9.62. The molecule has 1 aliphatic heterocycles. The molecule has 1 amide bonds. The van der Waals surface area contributed by atoms with Crippen molar-refractivity contribution in [2.24, 2.45) is 0 Å². The molecular weight excluding hydrogens is 176 g/mol. The fourth-order valence-electron chi connectivity index (χ4n) is 2.10. The summed E-state index contributed by atoms with van der Waals surface area (Å²) in [5, 5.41) is 0. The molecule has 1 unspecified atom stereocenters. The van der Waals surface area contributed by atoms with Crippen LogP contribution in [0.1, 0.15) is 33.1 Å². The van der Waals surface area contributed by atoms with Gasteiger partial charge in [-0.1, -0.05) is 6.92 Å². The first kappa shape index (κ1) is 11.5. The summed E-state index contributed by atoms with van der Waals surface area (Å²) in [6, 6.07) is 0.376. The zero-order chi connectivity index (χ0) is 10.6. The second-order valence-corrected chi connectivity index (χ2v) is 4.30. The topological polar surface area (TPSA) is 23.6 Å². The standard InChI is InChI=1S/C11H22N2O/c1-4-6-11(14)13-8-5-7-12(3)9-10(13)2/h10H,4-9H2,1-3H3. The summed E-state index contributed by atoms with van der Waals surface area (Å²) in [7, 11) is 2.13. The molecule has 0 bridgehead atoms. The van der Waals surface area contributed by atoms with Crippen LogP contribution in [-0.4, -0.2) is 48.4 Å². The van der Waals surface area contributed by atoms with Crippen LogP contribution in [0.25, 0.3) is 0 Å². The summed E-state index contributed by atoms with van der Waals surface area (Å²) in [6.07, 6.45) is 2.77. The van der Waals surface area contributed by atoms with Gasteiger partial charge in [0, 0.05) is 25.6 Å². The molecule has 14 heavy (non-hydrogen) atoms. The maximum Gasteiger partial charge on any atom is 0.222 e. The van der Waals surface area contributed by atoms with Gasteiger partial charge in [-0.05, 0) is 33.4 Å². The van der Waals surface area contributed by atoms with Crippen LogP contribution in [0, 0.1) is 0 Å². The van der Waals surface area contributed by atoms with E-state index in [0.29, 0.717) is 18.4 Å². The third-order valence-corrected chi connectivity index (χ3v) is 2.83. The van der Waals surface area contributed by atoms with Crippen molar-refractivity contribution >= 4 is 5.91 Å². The van der Waals surface area contributed by atoms with Crippen molar-refractivity contribution in [1.29, 1.82) is 0 Å². The van der Waals surface area contributed by atoms with Gasteiger partial charge in [-0.15, -0.1) is 0 Å². The second kappa shape index (κ2) is 5.35. The fraction of sp³-hybridized carbons (Fsp3) is 0.909. The van der Waals surface area contributed by atoms with Crippen LogP contribution in [0.3, 0.4) is 0 Å². The Labute approximate surface area is 87.1 Å². The van der Waals surface area contributed by atoms with Crippen molar-refractivity contribution < 1.29 is 4.79 Å². The highest BCUT2D eigenvalue weighted by Gasteiger charge is 2.22. The van der Waals surface area contributed by atoms with Gasteiger partial charge < -0.3 is 9.80 Å². The normalized spacial score (nSPS) is 24.8. The van der Waals surface area contributed by atoms with Crippen molar-refractivity contribution in [3.63, 3.8) is 0 Å². The number of hydrogen-bond donors (Lipinski definition) is 0. The van der Waals surface area contributed by atoms with Crippen molar-refractivity contribution in [2.75, 3.05) is 26.7 Å². The van der Waals surface area contributed by atoms with Crippen LogP contribution in [0.5, 0.6) is 0 Å². The predicted molar refractivity (Wildman–Crippen MR) is 58.2 cm³/mol. The van der Waals surface area contributed by atoms with E-state index in [4.69, 9.17) is 0 Å². The number of nitrogens with zero attached hydrogens (tertiary/aromatic N) is 2. The lowest BCUT2D eigenvalue weighted by molar-refractivity contribution is -0.133. The maximum absolute atomic E-state index is 11.8. The number of carbonyl (C=O) groups is 1. The highest BCUT2D eigenvalue weighted by molar-refractivity contribution is 5.76. The lowest BCUT2D eigenvalue weighted by atomic mass is 10.2. The lowest BCUT2D eigenvalue weighted by Crippen LogP contribution is -2.41. The van der Waals surface area contributed by atoms with Gasteiger partial charge in [0.05, 0.1) is 0 Å². The SMILES string of the molecule is CCCC(=O)N1CCCN(C)CC1C. The van der Waals surface area contributed by atoms with Crippen molar-refractivity contribution in [2.45, 2.75) is 39.2 Å². The van der Waals surface area contributed by atoms with E-state index in [0.717, 1.165) is 32.5 Å². The van der Waals surface area contributed by atoms with Crippen LogP contribution in [0.15, 0.2) is 0 Å². The van der Waals surface area contributed by atoms with Gasteiger partial charge in [0.2, 0.25) is 5.91 Å². The molecule has 3 nitrogen and oxygen atoms in total. The molecule has 1 saturated heterocycles. The predicted octanol–water partition coefficient (Wildman–Crippen LogP) is 1.34. The highest BCUT2D eigenvalue weighted by Crippen LogP contribution is 2.10. The largest absolute Gasteiger partial charge is 0.339 e. The van der Waals surface area contributed by atoms with Gasteiger partial charge in [-0.25, -0.2) is 0 Å². The lowest BCUT2D eigenvalue weighted by Gasteiger charge is -2.28. The zero-order valence-electron chi connectivity index (χ0n) is 9.62. The number of rotatable bonds is 2. The molecular formula is C11H22N2O. The summed E-state index contributed by atoms with van der Waals surface area (Å²) in [5.41, 5.74) is 0. The summed E-state index contributed by atoms with van der Waals surface area (Å²) in [6.45, 7) is 7.27. The number of carbonyl (C=O) groups excluding carboxylic acids is 1. The van der Waals surface area contributed by atoms with Crippen LogP contribution >= 0.6 is 0 Å². The Kier molecular flexibility index (Phi) is 4.39. The summed E-state index contributed by atoms with van der Waals surface area (Å²) < 4.78 is 0. The van der Waals surface area contributed by atoms with Gasteiger partial charge in [0.1, 0.15) is 0 Å². The van der Waals surface area contributed by atoms with Gasteiger partial charge in [-0.2, -0.15) is 0 Å². The van der Waals surface area contributed by atoms with Crippen LogP contribution in [0.4, 0.5) is 0 Å². The Morgan fingerprint density at radius 1 is 1.43 bits per heavy atom. The van der Waals surface area contributed by atoms with E-state index in [1.165, 1.54) is 0 Å². The Hall–Kier alpha value is -0.570. The van der Waals surface area contributed by atoms with Crippen molar-refractivity contribution in [3.05, 3.63) is 0 Å². The van der Waals surface area contributed by atoms with Crippen molar-refractivity contribution in [1.82, 2.24) is 9.80 Å². The van der Waals surface area contributed by atoms with Gasteiger partial charge >= 0.3 is 0 Å². The highest BCUT2D eigenvalue weighted by atomic mass is 16.2. The quantitative estimate of drug-likeness (QED) is 0.668. The minimum atomic E-state index is 0.329. The van der Waals surface area contributed by atoms with E-state index in [1.807, 2.05) is 4.90 Å². The summed E-state index contributed by atoms with van der Waals surface area (Å²) >= 11 is 0. The summed E-state index contributed by atoms with van der Waals surface area (Å²) in [5.74, 6) is 0.329. The molecule has 0 N–H and O–H groups in total. The average Bonchev–Trinajstić information content (AvgIpc) is 2.27. The molecule has 0 aromatic heterocycles. The van der Waals surface area contributed by atoms with E-state index < -0.39 is 0 Å². The molecule has 0 aliphatic carbocycles. The summed E-state index contributed by atoms with van der Waals surface area (Å²) in [4.78, 5) is 16.1. The van der Waals surface area contributed by atoms with Gasteiger partial charge in [0.15, 0.2) is 0 Å². The van der Waals surface area contributed by atoms with Gasteiger partial charge in [0.25, 0.3) is 0 Å². The Morgan fingerprint density at radius 2 is 2.14 bits per heavy atom. The molecule has 0 saturated carbocycles. The van der Waals surface area contributed by atoms with Crippen molar-refractivity contribution in [3.8, 4) is 0 Å². The minimum absolute atomic E-state index is 0.329. The molecule has 1 fully saturated rings. The third kappa shape index (κ3) is 2.98. The molecule has 0 radical (unpaired) electrons.